The zero-order chi connectivity index (χ0) is 19.6. The highest BCUT2D eigenvalue weighted by molar-refractivity contribution is 9.11. The molecule has 0 aliphatic carbocycles. The fourth-order valence-electron chi connectivity index (χ4n) is 2.25. The van der Waals surface area contributed by atoms with Gasteiger partial charge in [0.05, 0.1) is 15.7 Å². The molecular formula is C19H11Br2Cl2NO3. The zero-order valence-corrected chi connectivity index (χ0v) is 18.2. The molecule has 0 aliphatic heterocycles. The largest absolute Gasteiger partial charge is 0.506 e. The maximum absolute atomic E-state index is 12.7. The van der Waals surface area contributed by atoms with Crippen LogP contribution >= 0.6 is 55.1 Å². The number of carbonyl (C=O) groups excluding carboxylic acids is 1. The lowest BCUT2D eigenvalue weighted by Gasteiger charge is -2.14. The molecule has 0 spiro atoms. The Morgan fingerprint density at radius 2 is 1.63 bits per heavy atom. The van der Waals surface area contributed by atoms with E-state index in [0.29, 0.717) is 36.2 Å². The summed E-state index contributed by atoms with van der Waals surface area (Å²) in [5, 5.41) is 13.9. The number of benzene rings is 3. The van der Waals surface area contributed by atoms with Crippen molar-refractivity contribution in [3.05, 3.63) is 79.2 Å². The number of aromatic hydroxyl groups is 1. The number of carbonyl (C=O) groups is 1. The summed E-state index contributed by atoms with van der Waals surface area (Å²) in [6.07, 6.45) is 0. The van der Waals surface area contributed by atoms with Gasteiger partial charge < -0.3 is 15.2 Å². The first-order valence-corrected chi connectivity index (χ1v) is 9.90. The van der Waals surface area contributed by atoms with Crippen LogP contribution in [0.5, 0.6) is 17.2 Å². The molecule has 0 aliphatic rings. The van der Waals surface area contributed by atoms with Crippen LogP contribution in [0.15, 0.2) is 63.5 Å². The highest BCUT2D eigenvalue weighted by Gasteiger charge is 2.17. The normalized spacial score (nSPS) is 10.5. The van der Waals surface area contributed by atoms with Crippen molar-refractivity contribution in [3.8, 4) is 17.2 Å². The van der Waals surface area contributed by atoms with E-state index in [0.717, 1.165) is 0 Å². The van der Waals surface area contributed by atoms with Crippen molar-refractivity contribution in [1.82, 2.24) is 0 Å². The van der Waals surface area contributed by atoms with Gasteiger partial charge in [-0.2, -0.15) is 0 Å². The van der Waals surface area contributed by atoms with E-state index < -0.39 is 5.91 Å². The van der Waals surface area contributed by atoms with Crippen LogP contribution in [0.4, 0.5) is 5.69 Å². The van der Waals surface area contributed by atoms with Crippen LogP contribution in [-0.2, 0) is 0 Å². The summed E-state index contributed by atoms with van der Waals surface area (Å²) in [6.45, 7) is 0. The molecule has 0 aromatic heterocycles. The van der Waals surface area contributed by atoms with Gasteiger partial charge in [0.2, 0.25) is 0 Å². The maximum atomic E-state index is 12.7. The number of rotatable bonds is 4. The van der Waals surface area contributed by atoms with Crippen LogP contribution < -0.4 is 10.1 Å². The van der Waals surface area contributed by atoms with E-state index in [4.69, 9.17) is 27.9 Å². The SMILES string of the molecule is O=C(Nc1cc(Cl)ccc1Oc1ccc(Cl)cc1)c1cc(Br)cc(Br)c1O. The smallest absolute Gasteiger partial charge is 0.259 e. The highest BCUT2D eigenvalue weighted by atomic mass is 79.9. The molecule has 3 aromatic rings. The standard InChI is InChI=1S/C19H11Br2Cl2NO3/c20-10-7-14(18(25)15(21)8-10)19(26)24-16-9-12(23)3-6-17(16)27-13-4-1-11(22)2-5-13/h1-9,25H,(H,24,26). The van der Waals surface area contributed by atoms with Crippen molar-refractivity contribution in [2.45, 2.75) is 0 Å². The zero-order valence-electron chi connectivity index (χ0n) is 13.5. The Kier molecular flexibility index (Phi) is 6.32. The van der Waals surface area contributed by atoms with Crippen LogP contribution in [0.2, 0.25) is 10.0 Å². The first kappa shape index (κ1) is 20.0. The molecule has 2 N–H and O–H groups in total. The average Bonchev–Trinajstić information content (AvgIpc) is 2.62. The van der Waals surface area contributed by atoms with Crippen LogP contribution in [0, 0.1) is 0 Å². The fourth-order valence-corrected chi connectivity index (χ4v) is 3.77. The summed E-state index contributed by atoms with van der Waals surface area (Å²) in [5.41, 5.74) is 0.451. The van der Waals surface area contributed by atoms with Gasteiger partial charge in [0, 0.05) is 14.5 Å². The van der Waals surface area contributed by atoms with Gasteiger partial charge in [-0.3, -0.25) is 4.79 Å². The Morgan fingerprint density at radius 1 is 0.963 bits per heavy atom. The molecule has 0 radical (unpaired) electrons. The van der Waals surface area contributed by atoms with Crippen molar-refractivity contribution in [1.29, 1.82) is 0 Å². The molecule has 0 heterocycles. The fraction of sp³-hybridized carbons (Fsp3) is 0. The second kappa shape index (κ2) is 8.52. The lowest BCUT2D eigenvalue weighted by Crippen LogP contribution is -2.13. The molecule has 138 valence electrons. The number of halogens is 4. The number of nitrogens with one attached hydrogen (secondary N) is 1. The monoisotopic (exact) mass is 529 g/mol. The number of ether oxygens (including phenoxy) is 1. The lowest BCUT2D eigenvalue weighted by molar-refractivity contribution is 0.102. The molecule has 4 nitrogen and oxygen atoms in total. The molecule has 27 heavy (non-hydrogen) atoms. The molecule has 0 fully saturated rings. The van der Waals surface area contributed by atoms with Gasteiger partial charge in [0.25, 0.3) is 5.91 Å². The van der Waals surface area contributed by atoms with E-state index in [-0.39, 0.29) is 11.3 Å². The second-order valence-electron chi connectivity index (χ2n) is 5.43. The molecule has 0 saturated heterocycles. The lowest BCUT2D eigenvalue weighted by atomic mass is 10.2. The summed E-state index contributed by atoms with van der Waals surface area (Å²) in [5.74, 6) is 0.254. The van der Waals surface area contributed by atoms with Crippen molar-refractivity contribution < 1.29 is 14.6 Å². The predicted molar refractivity (Wildman–Crippen MR) is 114 cm³/mol. The van der Waals surface area contributed by atoms with E-state index >= 15 is 0 Å². The molecule has 3 rings (SSSR count). The highest BCUT2D eigenvalue weighted by Crippen LogP contribution is 2.35. The van der Waals surface area contributed by atoms with Gasteiger partial charge in [-0.1, -0.05) is 39.1 Å². The minimum Gasteiger partial charge on any atom is -0.506 e. The van der Waals surface area contributed by atoms with E-state index in [1.165, 1.54) is 6.07 Å². The van der Waals surface area contributed by atoms with Crippen molar-refractivity contribution in [2.24, 2.45) is 0 Å². The van der Waals surface area contributed by atoms with Gasteiger partial charge in [-0.15, -0.1) is 0 Å². The first-order chi connectivity index (χ1) is 12.8. The average molecular weight is 532 g/mol. The first-order valence-electron chi connectivity index (χ1n) is 7.56. The number of phenols is 1. The van der Waals surface area contributed by atoms with Crippen molar-refractivity contribution in [3.63, 3.8) is 0 Å². The number of amides is 1. The number of hydrogen-bond acceptors (Lipinski definition) is 3. The minimum absolute atomic E-state index is 0.0914. The van der Waals surface area contributed by atoms with Crippen LogP contribution in [-0.4, -0.2) is 11.0 Å². The summed E-state index contributed by atoms with van der Waals surface area (Å²) >= 11 is 18.5. The Balaban J connectivity index is 1.91. The molecule has 0 atom stereocenters. The van der Waals surface area contributed by atoms with Crippen LogP contribution in [0.1, 0.15) is 10.4 Å². The third-order valence-corrected chi connectivity index (χ3v) is 5.05. The van der Waals surface area contributed by atoms with Gasteiger partial charge in [-0.05, 0) is 70.5 Å². The number of phenolic OH excluding ortho intramolecular Hbond substituents is 1. The van der Waals surface area contributed by atoms with Crippen molar-refractivity contribution >= 4 is 66.7 Å². The van der Waals surface area contributed by atoms with Crippen LogP contribution in [0.25, 0.3) is 0 Å². The molecule has 0 saturated carbocycles. The Hall–Kier alpha value is -1.73. The van der Waals surface area contributed by atoms with E-state index in [1.54, 1.807) is 48.5 Å². The minimum atomic E-state index is -0.516. The molecule has 3 aromatic carbocycles. The third kappa shape index (κ3) is 4.96. The molecule has 0 unspecified atom stereocenters. The summed E-state index contributed by atoms with van der Waals surface area (Å²) in [7, 11) is 0. The van der Waals surface area contributed by atoms with E-state index in [1.807, 2.05) is 0 Å². The summed E-state index contributed by atoms with van der Waals surface area (Å²) in [4.78, 5) is 12.7. The predicted octanol–water partition coefficient (Wildman–Crippen LogP) is 7.27. The quantitative estimate of drug-likeness (QED) is 0.372. The number of hydrogen-bond donors (Lipinski definition) is 2. The molecule has 0 bridgehead atoms. The van der Waals surface area contributed by atoms with E-state index in [2.05, 4.69) is 37.2 Å². The molecule has 1 amide bonds. The second-order valence-corrected chi connectivity index (χ2v) is 8.08. The van der Waals surface area contributed by atoms with Gasteiger partial charge in [0.15, 0.2) is 5.75 Å². The topological polar surface area (TPSA) is 58.6 Å². The molecular weight excluding hydrogens is 521 g/mol. The third-order valence-electron chi connectivity index (χ3n) is 3.50. The van der Waals surface area contributed by atoms with E-state index in [9.17, 15) is 9.90 Å². The Morgan fingerprint density at radius 3 is 2.33 bits per heavy atom. The summed E-state index contributed by atoms with van der Waals surface area (Å²) < 4.78 is 6.86. The van der Waals surface area contributed by atoms with Crippen LogP contribution in [0.3, 0.4) is 0 Å². The van der Waals surface area contributed by atoms with Gasteiger partial charge >= 0.3 is 0 Å². The van der Waals surface area contributed by atoms with Gasteiger partial charge in [-0.25, -0.2) is 0 Å². The van der Waals surface area contributed by atoms with Gasteiger partial charge in [0.1, 0.15) is 11.5 Å². The molecule has 8 heteroatoms. The number of anilines is 1. The summed E-state index contributed by atoms with van der Waals surface area (Å²) in [6, 6.07) is 14.8. The maximum Gasteiger partial charge on any atom is 0.259 e. The Bertz CT molecular complexity index is 1010. The van der Waals surface area contributed by atoms with Crippen molar-refractivity contribution in [2.75, 3.05) is 5.32 Å². The Labute approximate surface area is 182 Å².